The topological polar surface area (TPSA) is 191 Å². The van der Waals surface area contributed by atoms with Crippen molar-refractivity contribution in [2.24, 2.45) is 4.99 Å². The molecule has 0 atom stereocenters. The Bertz CT molecular complexity index is 1940. The molecule has 0 bridgehead atoms. The van der Waals surface area contributed by atoms with Crippen molar-refractivity contribution in [3.63, 3.8) is 0 Å². The molecule has 1 aromatic carbocycles. The van der Waals surface area contributed by atoms with Crippen molar-refractivity contribution in [2.45, 2.75) is 62.8 Å². The minimum absolute atomic E-state index is 0.0477. The summed E-state index contributed by atoms with van der Waals surface area (Å²) >= 11 is 0. The highest BCUT2D eigenvalue weighted by Gasteiger charge is 2.42. The van der Waals surface area contributed by atoms with Crippen LogP contribution < -0.4 is 9.47 Å². The van der Waals surface area contributed by atoms with Crippen LogP contribution in [0.1, 0.15) is 51.7 Å². The molecular formula is C30H35N3O9S3-2. The second-order valence-corrected chi connectivity index (χ2v) is 16.4. The van der Waals surface area contributed by atoms with Crippen LogP contribution in [0.25, 0.3) is 0 Å². The number of hydrogen-bond donors (Lipinski definition) is 0. The standard InChI is InChI=1S/C30H37N3O9S3/c1-29(2)23-11-8-16-32(17-9-19-43(34,35)36)28(23)31-26(29)12-6-5-7-13-27-30(3,4)24-21-22(45(40,41)42)14-15-25(24)33(27)18-10-20-44(37,38)39/h5-8,11-16,21H,9-10,17-20H2,1-4H3,(H2-,34,35,36,37,38,39,40,41,42)/p-2. The molecule has 2 aliphatic rings. The van der Waals surface area contributed by atoms with E-state index in [1.165, 1.54) is 18.2 Å². The van der Waals surface area contributed by atoms with Gasteiger partial charge in [0.25, 0.3) is 0 Å². The number of nitrogens with zero attached hydrogens (tertiary/aromatic N) is 3. The maximum atomic E-state index is 11.7. The van der Waals surface area contributed by atoms with Crippen molar-refractivity contribution in [3.8, 4) is 0 Å². The van der Waals surface area contributed by atoms with Gasteiger partial charge in [0.1, 0.15) is 10.1 Å². The monoisotopic (exact) mass is 677 g/mol. The average Bonchev–Trinajstić information content (AvgIpc) is 3.28. The Morgan fingerprint density at radius 1 is 0.844 bits per heavy atom. The third kappa shape index (κ3) is 7.96. The van der Waals surface area contributed by atoms with Gasteiger partial charge in [-0.1, -0.05) is 32.1 Å². The van der Waals surface area contributed by atoms with Gasteiger partial charge in [0.2, 0.25) is 0 Å². The number of aromatic nitrogens is 1. The normalized spacial score (nSPS) is 18.6. The van der Waals surface area contributed by atoms with E-state index in [9.17, 15) is 38.9 Å². The summed E-state index contributed by atoms with van der Waals surface area (Å²) in [5, 5.41) is 0. The average molecular weight is 678 g/mol. The van der Waals surface area contributed by atoms with Gasteiger partial charge in [0, 0.05) is 34.8 Å². The third-order valence-electron chi connectivity index (χ3n) is 8.03. The van der Waals surface area contributed by atoms with Gasteiger partial charge in [0.05, 0.1) is 48.9 Å². The van der Waals surface area contributed by atoms with Crippen molar-refractivity contribution in [2.75, 3.05) is 23.0 Å². The molecule has 0 amide bonds. The SMILES string of the molecule is CC1(C)C(/C=C/C=C/C=C2\N(CCCS(=O)(=O)[O-])c3ccc(S(=O)(=O)[O-])cc3C2(C)C)=Nc2c1ccc[n+]2CCCS(=O)(=O)[O-]. The summed E-state index contributed by atoms with van der Waals surface area (Å²) < 4.78 is 104. The largest absolute Gasteiger partial charge is 0.748 e. The predicted molar refractivity (Wildman–Crippen MR) is 166 cm³/mol. The van der Waals surface area contributed by atoms with Crippen LogP contribution in [-0.2, 0) is 47.7 Å². The molecule has 2 aromatic rings. The van der Waals surface area contributed by atoms with E-state index in [0.717, 1.165) is 17.0 Å². The smallest absolute Gasteiger partial charge is 0.327 e. The van der Waals surface area contributed by atoms with Gasteiger partial charge in [0.15, 0.2) is 5.71 Å². The van der Waals surface area contributed by atoms with Gasteiger partial charge >= 0.3 is 5.82 Å². The van der Waals surface area contributed by atoms with E-state index in [0.29, 0.717) is 23.6 Å². The van der Waals surface area contributed by atoms with Crippen LogP contribution in [0.3, 0.4) is 0 Å². The first-order valence-corrected chi connectivity index (χ1v) is 18.7. The summed E-state index contributed by atoms with van der Waals surface area (Å²) in [6, 6.07) is 7.88. The minimum Gasteiger partial charge on any atom is -0.748 e. The van der Waals surface area contributed by atoms with Gasteiger partial charge in [-0.2, -0.15) is 0 Å². The number of aliphatic imine (C=N–C) groups is 1. The molecule has 3 heterocycles. The highest BCUT2D eigenvalue weighted by Crippen LogP contribution is 2.48. The van der Waals surface area contributed by atoms with E-state index < -0.39 is 52.7 Å². The fourth-order valence-electron chi connectivity index (χ4n) is 5.69. The van der Waals surface area contributed by atoms with E-state index in [2.05, 4.69) is 0 Å². The van der Waals surface area contributed by atoms with Crippen LogP contribution in [0, 0.1) is 0 Å². The zero-order valence-corrected chi connectivity index (χ0v) is 27.8. The lowest BCUT2D eigenvalue weighted by molar-refractivity contribution is -0.684. The van der Waals surface area contributed by atoms with Gasteiger partial charge in [-0.15, -0.1) is 0 Å². The van der Waals surface area contributed by atoms with Crippen molar-refractivity contribution in [1.29, 1.82) is 0 Å². The summed E-state index contributed by atoms with van der Waals surface area (Å²) in [6.07, 6.45) is 11.1. The molecule has 1 aromatic heterocycles. The van der Waals surface area contributed by atoms with Gasteiger partial charge in [-0.25, -0.2) is 29.8 Å². The van der Waals surface area contributed by atoms with Crippen molar-refractivity contribution in [3.05, 3.63) is 83.7 Å². The molecule has 0 saturated carbocycles. The molecule has 0 radical (unpaired) electrons. The predicted octanol–water partition coefficient (Wildman–Crippen LogP) is 2.91. The number of rotatable bonds is 12. The molecular weight excluding hydrogens is 643 g/mol. The van der Waals surface area contributed by atoms with Crippen LogP contribution in [0.4, 0.5) is 11.5 Å². The van der Waals surface area contributed by atoms with Crippen LogP contribution in [0.2, 0.25) is 0 Å². The highest BCUT2D eigenvalue weighted by atomic mass is 32.2. The molecule has 15 heteroatoms. The number of benzene rings is 1. The first-order valence-electron chi connectivity index (χ1n) is 14.1. The first-order chi connectivity index (χ1) is 20.7. The fraction of sp³-hybridized carbons (Fsp3) is 0.400. The molecule has 244 valence electrons. The number of pyridine rings is 1. The third-order valence-corrected chi connectivity index (χ3v) is 10.4. The molecule has 0 N–H and O–H groups in total. The second kappa shape index (κ2) is 12.5. The van der Waals surface area contributed by atoms with E-state index in [-0.39, 0.29) is 24.3 Å². The van der Waals surface area contributed by atoms with E-state index in [1.807, 2.05) is 67.5 Å². The number of allylic oxidation sites excluding steroid dienone is 6. The molecule has 0 saturated heterocycles. The zero-order chi connectivity index (χ0) is 33.4. The summed E-state index contributed by atoms with van der Waals surface area (Å²) in [7, 11) is -13.4. The van der Waals surface area contributed by atoms with Gasteiger partial charge < -0.3 is 18.6 Å². The minimum atomic E-state index is -4.70. The number of hydrogen-bond acceptors (Lipinski definition) is 11. The summed E-state index contributed by atoms with van der Waals surface area (Å²) in [4.78, 5) is 6.26. The second-order valence-electron chi connectivity index (χ2n) is 12.0. The van der Waals surface area contributed by atoms with Crippen LogP contribution in [-0.4, -0.2) is 62.7 Å². The molecule has 0 aliphatic carbocycles. The number of fused-ring (bicyclic) bond motifs is 2. The summed E-state index contributed by atoms with van der Waals surface area (Å²) in [5.74, 6) is -0.326. The summed E-state index contributed by atoms with van der Waals surface area (Å²) in [5.41, 5.74) is 2.45. The Morgan fingerprint density at radius 3 is 2.16 bits per heavy atom. The van der Waals surface area contributed by atoms with Crippen molar-refractivity contribution < 1.29 is 43.5 Å². The molecule has 0 fully saturated rings. The molecule has 12 nitrogen and oxygen atoms in total. The van der Waals surface area contributed by atoms with Crippen LogP contribution >= 0.6 is 0 Å². The lowest BCUT2D eigenvalue weighted by Gasteiger charge is -2.27. The van der Waals surface area contributed by atoms with Crippen LogP contribution in [0.15, 0.2) is 82.5 Å². The lowest BCUT2D eigenvalue weighted by atomic mass is 9.82. The Kier molecular flexibility index (Phi) is 9.65. The maximum Gasteiger partial charge on any atom is 0.327 e. The Labute approximate surface area is 264 Å². The molecule has 0 spiro atoms. The fourth-order valence-corrected chi connectivity index (χ4v) is 7.16. The molecule has 0 unspecified atom stereocenters. The van der Waals surface area contributed by atoms with Crippen LogP contribution in [0.5, 0.6) is 0 Å². The van der Waals surface area contributed by atoms with E-state index >= 15 is 0 Å². The van der Waals surface area contributed by atoms with E-state index in [4.69, 9.17) is 4.99 Å². The molecule has 45 heavy (non-hydrogen) atoms. The Balaban J connectivity index is 1.60. The van der Waals surface area contributed by atoms with E-state index in [1.54, 1.807) is 18.3 Å². The quantitative estimate of drug-likeness (QED) is 0.183. The van der Waals surface area contributed by atoms with Crippen molar-refractivity contribution >= 4 is 47.6 Å². The highest BCUT2D eigenvalue weighted by molar-refractivity contribution is 7.86. The summed E-state index contributed by atoms with van der Waals surface area (Å²) in [6.45, 7) is 8.28. The van der Waals surface area contributed by atoms with Gasteiger partial charge in [-0.3, -0.25) is 0 Å². The molecule has 4 rings (SSSR count). The lowest BCUT2D eigenvalue weighted by Crippen LogP contribution is -2.35. The van der Waals surface area contributed by atoms with Crippen molar-refractivity contribution in [1.82, 2.24) is 0 Å². The Hall–Kier alpha value is -3.21. The molecule has 2 aliphatic heterocycles. The zero-order valence-electron chi connectivity index (χ0n) is 25.3. The Morgan fingerprint density at radius 2 is 1.51 bits per heavy atom. The van der Waals surface area contributed by atoms with Gasteiger partial charge in [-0.05, 0) is 79.7 Å². The maximum absolute atomic E-state index is 11.7. The first kappa shape index (κ1) is 34.7. The number of aryl methyl sites for hydroxylation is 1. The number of anilines is 1.